The first-order valence-corrected chi connectivity index (χ1v) is 9.82. The Balaban J connectivity index is 2.33. The lowest BCUT2D eigenvalue weighted by atomic mass is 9.89. The molecule has 151 valence electrons. The minimum Gasteiger partial charge on any atom is -0.496 e. The zero-order chi connectivity index (χ0) is 21.0. The standard InChI is InChI=1S/C25H28NO3/c1-7-8-20-15-26-25(29-6)24(19-10-12-22(28-5)17(3)14-19)23(20)18-9-11-21(27-4)16(2)13-18/h9-14H,7-8H2,1-6H3. The number of methoxy groups -OCH3 is 3. The van der Waals surface area contributed by atoms with Crippen LogP contribution < -0.4 is 14.2 Å². The van der Waals surface area contributed by atoms with Crippen LogP contribution in [0.5, 0.6) is 17.4 Å². The third kappa shape index (κ3) is 4.07. The first-order chi connectivity index (χ1) is 14.0. The van der Waals surface area contributed by atoms with Gasteiger partial charge in [0.2, 0.25) is 5.88 Å². The highest BCUT2D eigenvalue weighted by Gasteiger charge is 2.20. The van der Waals surface area contributed by atoms with Gasteiger partial charge in [-0.15, -0.1) is 0 Å². The molecule has 0 spiro atoms. The van der Waals surface area contributed by atoms with Crippen LogP contribution in [-0.4, -0.2) is 26.3 Å². The van der Waals surface area contributed by atoms with E-state index in [4.69, 9.17) is 14.2 Å². The second-order valence-corrected chi connectivity index (χ2v) is 7.08. The van der Waals surface area contributed by atoms with Gasteiger partial charge in [0, 0.05) is 5.56 Å². The Morgan fingerprint density at radius 1 is 0.793 bits per heavy atom. The minimum absolute atomic E-state index is 0.567. The fourth-order valence-corrected chi connectivity index (χ4v) is 3.72. The van der Waals surface area contributed by atoms with Gasteiger partial charge >= 0.3 is 0 Å². The maximum absolute atomic E-state index is 5.67. The molecule has 0 aliphatic heterocycles. The van der Waals surface area contributed by atoms with Gasteiger partial charge in [-0.25, -0.2) is 4.98 Å². The van der Waals surface area contributed by atoms with Gasteiger partial charge in [-0.2, -0.15) is 0 Å². The summed E-state index contributed by atoms with van der Waals surface area (Å²) in [6, 6.07) is 12.4. The molecule has 0 bridgehead atoms. The van der Waals surface area contributed by atoms with Crippen LogP contribution in [0.15, 0.2) is 36.4 Å². The van der Waals surface area contributed by atoms with Gasteiger partial charge in [-0.3, -0.25) is 0 Å². The fourth-order valence-electron chi connectivity index (χ4n) is 3.72. The molecular weight excluding hydrogens is 362 g/mol. The Hall–Kier alpha value is -3.01. The van der Waals surface area contributed by atoms with Crippen molar-refractivity contribution in [1.82, 2.24) is 4.98 Å². The van der Waals surface area contributed by atoms with Crippen LogP contribution in [0.4, 0.5) is 0 Å². The monoisotopic (exact) mass is 390 g/mol. The van der Waals surface area contributed by atoms with Crippen LogP contribution >= 0.6 is 0 Å². The molecule has 0 saturated heterocycles. The number of benzene rings is 2. The summed E-state index contributed by atoms with van der Waals surface area (Å²) < 4.78 is 16.6. The summed E-state index contributed by atoms with van der Waals surface area (Å²) in [5.41, 5.74) is 7.46. The Bertz CT molecular complexity index is 1010. The first kappa shape index (κ1) is 20.7. The predicted molar refractivity (Wildman–Crippen MR) is 117 cm³/mol. The number of pyridine rings is 1. The summed E-state index contributed by atoms with van der Waals surface area (Å²) in [5, 5.41) is 0. The van der Waals surface area contributed by atoms with Gasteiger partial charge in [0.1, 0.15) is 11.5 Å². The molecule has 0 saturated carbocycles. The van der Waals surface area contributed by atoms with Crippen LogP contribution in [0.1, 0.15) is 30.0 Å². The van der Waals surface area contributed by atoms with Crippen LogP contribution in [-0.2, 0) is 6.42 Å². The Morgan fingerprint density at radius 2 is 1.34 bits per heavy atom. The molecule has 0 fully saturated rings. The largest absolute Gasteiger partial charge is 0.496 e. The predicted octanol–water partition coefficient (Wildman–Crippen LogP) is 5.81. The van der Waals surface area contributed by atoms with Crippen molar-refractivity contribution in [2.75, 3.05) is 21.3 Å². The van der Waals surface area contributed by atoms with Gasteiger partial charge in [-0.1, -0.05) is 25.5 Å². The van der Waals surface area contributed by atoms with Crippen molar-refractivity contribution in [1.29, 1.82) is 0 Å². The maximum atomic E-state index is 5.67. The van der Waals surface area contributed by atoms with Crippen molar-refractivity contribution in [2.24, 2.45) is 0 Å². The van der Waals surface area contributed by atoms with E-state index in [0.717, 1.165) is 63.3 Å². The molecule has 3 rings (SSSR count). The summed E-state index contributed by atoms with van der Waals surface area (Å²) in [4.78, 5) is 4.50. The normalized spacial score (nSPS) is 10.7. The molecule has 4 heteroatoms. The number of aromatic nitrogens is 1. The third-order valence-corrected chi connectivity index (χ3v) is 5.12. The molecule has 1 heterocycles. The summed E-state index contributed by atoms with van der Waals surface area (Å²) in [6.07, 6.45) is 5.12. The number of aryl methyl sites for hydroxylation is 3. The van der Waals surface area contributed by atoms with E-state index in [9.17, 15) is 0 Å². The number of ether oxygens (including phenoxy) is 3. The first-order valence-electron chi connectivity index (χ1n) is 9.82. The highest BCUT2D eigenvalue weighted by molar-refractivity contribution is 5.89. The van der Waals surface area contributed by atoms with E-state index in [1.54, 1.807) is 21.3 Å². The zero-order valence-electron chi connectivity index (χ0n) is 18.1. The SMILES string of the molecule is CCCc1[c]nc(OC)c(-c2ccc(OC)c(C)c2)c1-c1ccc(OC)c(C)c1. The average Bonchev–Trinajstić information content (AvgIpc) is 2.73. The van der Waals surface area contributed by atoms with Gasteiger partial charge in [0.15, 0.2) is 0 Å². The second kappa shape index (κ2) is 8.99. The van der Waals surface area contributed by atoms with E-state index in [-0.39, 0.29) is 0 Å². The number of hydrogen-bond acceptors (Lipinski definition) is 4. The number of nitrogens with zero attached hydrogens (tertiary/aromatic N) is 1. The molecule has 0 N–H and O–H groups in total. The van der Waals surface area contributed by atoms with Crippen molar-refractivity contribution < 1.29 is 14.2 Å². The minimum atomic E-state index is 0.567. The Kier molecular flexibility index (Phi) is 6.42. The number of hydrogen-bond donors (Lipinski definition) is 0. The quantitative estimate of drug-likeness (QED) is 0.510. The van der Waals surface area contributed by atoms with Crippen LogP contribution in [0, 0.1) is 20.0 Å². The van der Waals surface area contributed by atoms with Crippen molar-refractivity contribution >= 4 is 0 Å². The van der Waals surface area contributed by atoms with Crippen molar-refractivity contribution in [3.63, 3.8) is 0 Å². The Labute approximate surface area is 173 Å². The summed E-state index contributed by atoms with van der Waals surface area (Å²) in [7, 11) is 5.03. The molecule has 0 aliphatic rings. The van der Waals surface area contributed by atoms with Gasteiger partial charge < -0.3 is 14.2 Å². The lowest BCUT2D eigenvalue weighted by Crippen LogP contribution is -2.01. The summed E-state index contributed by atoms with van der Waals surface area (Å²) >= 11 is 0. The highest BCUT2D eigenvalue weighted by atomic mass is 16.5. The molecule has 0 unspecified atom stereocenters. The van der Waals surface area contributed by atoms with E-state index in [0.29, 0.717) is 5.88 Å². The second-order valence-electron chi connectivity index (χ2n) is 7.08. The lowest BCUT2D eigenvalue weighted by molar-refractivity contribution is 0.399. The van der Waals surface area contributed by atoms with Gasteiger partial charge in [0.05, 0.1) is 33.1 Å². The van der Waals surface area contributed by atoms with Gasteiger partial charge in [0.25, 0.3) is 0 Å². The Morgan fingerprint density at radius 3 is 1.79 bits per heavy atom. The van der Waals surface area contributed by atoms with Crippen LogP contribution in [0.3, 0.4) is 0 Å². The van der Waals surface area contributed by atoms with Crippen LogP contribution in [0.25, 0.3) is 22.3 Å². The molecule has 2 aromatic carbocycles. The van der Waals surface area contributed by atoms with E-state index in [2.05, 4.69) is 49.3 Å². The highest BCUT2D eigenvalue weighted by Crippen LogP contribution is 2.42. The topological polar surface area (TPSA) is 40.6 Å². The average molecular weight is 391 g/mol. The van der Waals surface area contributed by atoms with Crippen molar-refractivity contribution in [2.45, 2.75) is 33.6 Å². The fraction of sp³-hybridized carbons (Fsp3) is 0.320. The van der Waals surface area contributed by atoms with E-state index >= 15 is 0 Å². The molecule has 29 heavy (non-hydrogen) atoms. The molecule has 3 aromatic rings. The van der Waals surface area contributed by atoms with E-state index in [1.807, 2.05) is 19.1 Å². The molecule has 0 aliphatic carbocycles. The summed E-state index contributed by atoms with van der Waals surface area (Å²) in [6.45, 7) is 6.26. The molecule has 0 atom stereocenters. The molecule has 1 radical (unpaired) electrons. The number of rotatable bonds is 7. The molecule has 0 amide bonds. The van der Waals surface area contributed by atoms with Crippen LogP contribution in [0.2, 0.25) is 0 Å². The zero-order valence-corrected chi connectivity index (χ0v) is 18.1. The molecule has 4 nitrogen and oxygen atoms in total. The maximum Gasteiger partial charge on any atom is 0.222 e. The molecular formula is C25H28NO3. The van der Waals surface area contributed by atoms with Crippen molar-refractivity contribution in [3.05, 3.63) is 59.3 Å². The smallest absolute Gasteiger partial charge is 0.222 e. The summed E-state index contributed by atoms with van der Waals surface area (Å²) in [5.74, 6) is 2.30. The van der Waals surface area contributed by atoms with Crippen molar-refractivity contribution in [3.8, 4) is 39.6 Å². The lowest BCUT2D eigenvalue weighted by Gasteiger charge is -2.19. The van der Waals surface area contributed by atoms with Gasteiger partial charge in [-0.05, 0) is 72.4 Å². The third-order valence-electron chi connectivity index (χ3n) is 5.12. The van der Waals surface area contributed by atoms with E-state index in [1.165, 1.54) is 0 Å². The molecule has 1 aromatic heterocycles. The van der Waals surface area contributed by atoms with E-state index < -0.39 is 0 Å².